The van der Waals surface area contributed by atoms with Gasteiger partial charge in [-0.3, -0.25) is 0 Å². The van der Waals surface area contributed by atoms with Gasteiger partial charge >= 0.3 is 0 Å². The Labute approximate surface area is 118 Å². The number of hydrogen-bond acceptors (Lipinski definition) is 3. The van der Waals surface area contributed by atoms with E-state index in [0.29, 0.717) is 18.1 Å². The van der Waals surface area contributed by atoms with Gasteiger partial charge in [0.25, 0.3) is 0 Å². The van der Waals surface area contributed by atoms with Crippen LogP contribution in [0.3, 0.4) is 0 Å². The van der Waals surface area contributed by atoms with Crippen molar-refractivity contribution in [2.75, 3.05) is 20.3 Å². The molecule has 0 bridgehead atoms. The molecule has 20 heavy (non-hydrogen) atoms. The summed E-state index contributed by atoms with van der Waals surface area (Å²) in [4.78, 5) is 0.366. The third-order valence-corrected chi connectivity index (χ3v) is 5.87. The van der Waals surface area contributed by atoms with E-state index in [1.807, 2.05) is 35.9 Å². The maximum Gasteiger partial charge on any atom is 0.245 e. The number of aromatic nitrogens is 1. The Bertz CT molecular complexity index is 730. The van der Waals surface area contributed by atoms with Crippen molar-refractivity contribution in [3.8, 4) is 0 Å². The molecule has 0 unspecified atom stereocenters. The Kier molecular flexibility index (Phi) is 3.32. The molecule has 3 rings (SSSR count). The zero-order valence-corrected chi connectivity index (χ0v) is 12.4. The van der Waals surface area contributed by atoms with Crippen LogP contribution in [0, 0.1) is 0 Å². The van der Waals surface area contributed by atoms with Gasteiger partial charge in [-0.1, -0.05) is 18.2 Å². The molecule has 0 spiro atoms. The van der Waals surface area contributed by atoms with Gasteiger partial charge in [-0.15, -0.1) is 0 Å². The molecule has 0 saturated carbocycles. The van der Waals surface area contributed by atoms with Crippen molar-refractivity contribution in [3.63, 3.8) is 0 Å². The van der Waals surface area contributed by atoms with Crippen LogP contribution >= 0.6 is 0 Å². The highest BCUT2D eigenvalue weighted by Gasteiger charge is 2.32. The van der Waals surface area contributed by atoms with Crippen LogP contribution in [-0.2, 0) is 21.8 Å². The van der Waals surface area contributed by atoms with E-state index in [1.54, 1.807) is 13.2 Å². The van der Waals surface area contributed by atoms with Crippen molar-refractivity contribution in [3.05, 3.63) is 30.5 Å². The molecule has 1 aliphatic heterocycles. The molecule has 0 N–H and O–H groups in total. The predicted octanol–water partition coefficient (Wildman–Crippen LogP) is 1.59. The maximum absolute atomic E-state index is 12.8. The monoisotopic (exact) mass is 294 g/mol. The second-order valence-corrected chi connectivity index (χ2v) is 7.13. The first-order chi connectivity index (χ1) is 9.51. The fourth-order valence-electron chi connectivity index (χ4n) is 2.67. The summed E-state index contributed by atoms with van der Waals surface area (Å²) in [6, 6.07) is 7.47. The molecule has 1 aromatic heterocycles. The highest BCUT2D eigenvalue weighted by molar-refractivity contribution is 7.89. The molecule has 5 nitrogen and oxygen atoms in total. The van der Waals surface area contributed by atoms with E-state index in [1.165, 1.54) is 4.31 Å². The lowest BCUT2D eigenvalue weighted by Crippen LogP contribution is -2.37. The second-order valence-electron chi connectivity index (χ2n) is 5.16. The maximum atomic E-state index is 12.8. The van der Waals surface area contributed by atoms with E-state index in [9.17, 15) is 8.42 Å². The summed E-state index contributed by atoms with van der Waals surface area (Å²) in [6.45, 7) is 1.10. The van der Waals surface area contributed by atoms with Crippen LogP contribution in [-0.4, -0.2) is 43.6 Å². The Balaban J connectivity index is 2.09. The van der Waals surface area contributed by atoms with Crippen LogP contribution in [0.2, 0.25) is 0 Å². The highest BCUT2D eigenvalue weighted by Crippen LogP contribution is 2.28. The minimum atomic E-state index is -3.50. The van der Waals surface area contributed by atoms with Crippen molar-refractivity contribution in [1.29, 1.82) is 0 Å². The van der Waals surface area contributed by atoms with Gasteiger partial charge in [-0.25, -0.2) is 8.42 Å². The molecule has 2 heterocycles. The Morgan fingerprint density at radius 3 is 2.80 bits per heavy atom. The van der Waals surface area contributed by atoms with Crippen molar-refractivity contribution in [2.24, 2.45) is 7.05 Å². The number of hydrogen-bond donors (Lipinski definition) is 0. The van der Waals surface area contributed by atoms with Gasteiger partial charge in [-0.05, 0) is 12.5 Å². The lowest BCUT2D eigenvalue weighted by Gasteiger charge is -2.22. The number of sulfonamides is 1. The van der Waals surface area contributed by atoms with Crippen LogP contribution < -0.4 is 0 Å². The normalized spacial score (nSPS) is 20.1. The fraction of sp³-hybridized carbons (Fsp3) is 0.429. The lowest BCUT2D eigenvalue weighted by atomic mass is 10.2. The number of aryl methyl sites for hydroxylation is 1. The van der Waals surface area contributed by atoms with Crippen molar-refractivity contribution in [2.45, 2.75) is 17.4 Å². The molecule has 0 aliphatic carbocycles. The van der Waals surface area contributed by atoms with Crippen LogP contribution in [0.25, 0.3) is 10.9 Å². The summed E-state index contributed by atoms with van der Waals surface area (Å²) in [5.74, 6) is 0. The number of rotatable bonds is 3. The average Bonchev–Trinajstić information content (AvgIpc) is 3.07. The topological polar surface area (TPSA) is 51.5 Å². The minimum Gasteiger partial charge on any atom is -0.380 e. The first-order valence-electron chi connectivity index (χ1n) is 6.61. The van der Waals surface area contributed by atoms with Gasteiger partial charge in [0.15, 0.2) is 0 Å². The molecular weight excluding hydrogens is 276 g/mol. The number of fused-ring (bicyclic) bond motifs is 1. The minimum absolute atomic E-state index is 0.0704. The first kappa shape index (κ1) is 13.6. The Hall–Kier alpha value is -1.37. The SMILES string of the molecule is CN([C@@H]1CCOC1)S(=O)(=O)c1cn(C)c2ccccc12. The molecule has 1 fully saturated rings. The van der Waals surface area contributed by atoms with Gasteiger partial charge in [0.2, 0.25) is 10.0 Å². The number of nitrogens with zero attached hydrogens (tertiary/aromatic N) is 2. The molecule has 1 saturated heterocycles. The van der Waals surface area contributed by atoms with E-state index in [-0.39, 0.29) is 6.04 Å². The van der Waals surface area contributed by atoms with Gasteiger partial charge in [0.05, 0.1) is 12.6 Å². The van der Waals surface area contributed by atoms with Gasteiger partial charge in [0, 0.05) is 37.8 Å². The molecule has 6 heteroatoms. The van der Waals surface area contributed by atoms with Crippen LogP contribution in [0.15, 0.2) is 35.4 Å². The summed E-state index contributed by atoms with van der Waals surface area (Å²) in [5.41, 5.74) is 0.919. The first-order valence-corrected chi connectivity index (χ1v) is 8.05. The summed E-state index contributed by atoms with van der Waals surface area (Å²) in [7, 11) is 0.000843. The molecule has 0 amide bonds. The summed E-state index contributed by atoms with van der Waals surface area (Å²) in [5, 5.41) is 0.765. The smallest absolute Gasteiger partial charge is 0.245 e. The largest absolute Gasteiger partial charge is 0.380 e. The van der Waals surface area contributed by atoms with Crippen molar-refractivity contribution >= 4 is 20.9 Å². The lowest BCUT2D eigenvalue weighted by molar-refractivity contribution is 0.181. The molecule has 108 valence electrons. The highest BCUT2D eigenvalue weighted by atomic mass is 32.2. The predicted molar refractivity (Wildman–Crippen MR) is 77.1 cm³/mol. The summed E-state index contributed by atoms with van der Waals surface area (Å²) < 4.78 is 34.2. The van der Waals surface area contributed by atoms with Crippen LogP contribution in [0.1, 0.15) is 6.42 Å². The molecule has 1 atom stereocenters. The van der Waals surface area contributed by atoms with Gasteiger partial charge in [-0.2, -0.15) is 4.31 Å². The van der Waals surface area contributed by atoms with Gasteiger partial charge < -0.3 is 9.30 Å². The quantitative estimate of drug-likeness (QED) is 0.864. The summed E-state index contributed by atoms with van der Waals surface area (Å²) in [6.07, 6.45) is 2.44. The Morgan fingerprint density at radius 1 is 1.35 bits per heavy atom. The molecular formula is C14H18N2O3S. The zero-order valence-electron chi connectivity index (χ0n) is 11.6. The number of ether oxygens (including phenoxy) is 1. The molecule has 2 aromatic rings. The molecule has 0 radical (unpaired) electrons. The van der Waals surface area contributed by atoms with E-state index in [2.05, 4.69) is 0 Å². The van der Waals surface area contributed by atoms with E-state index < -0.39 is 10.0 Å². The van der Waals surface area contributed by atoms with Crippen molar-refractivity contribution < 1.29 is 13.2 Å². The second kappa shape index (κ2) is 4.87. The standard InChI is InChI=1S/C14H18N2O3S/c1-15-9-14(12-5-3-4-6-13(12)15)20(17,18)16(2)11-7-8-19-10-11/h3-6,9,11H,7-8,10H2,1-2H3/t11-/m1/s1. The molecule has 1 aliphatic rings. The van der Waals surface area contributed by atoms with E-state index in [0.717, 1.165) is 17.3 Å². The van der Waals surface area contributed by atoms with Crippen molar-refractivity contribution in [1.82, 2.24) is 8.87 Å². The number of likely N-dealkylation sites (N-methyl/N-ethyl adjacent to an activating group) is 1. The average molecular weight is 294 g/mol. The third-order valence-electron chi connectivity index (χ3n) is 3.94. The third kappa shape index (κ3) is 2.04. The summed E-state index contributed by atoms with van der Waals surface area (Å²) >= 11 is 0. The fourth-order valence-corrected chi connectivity index (χ4v) is 4.28. The van der Waals surface area contributed by atoms with E-state index in [4.69, 9.17) is 4.74 Å². The number of para-hydroxylation sites is 1. The van der Waals surface area contributed by atoms with Gasteiger partial charge in [0.1, 0.15) is 4.90 Å². The van der Waals surface area contributed by atoms with E-state index >= 15 is 0 Å². The van der Waals surface area contributed by atoms with Crippen LogP contribution in [0.4, 0.5) is 0 Å². The molecule has 1 aromatic carbocycles. The number of benzene rings is 1. The van der Waals surface area contributed by atoms with Crippen LogP contribution in [0.5, 0.6) is 0 Å². The Morgan fingerprint density at radius 2 is 2.10 bits per heavy atom. The zero-order chi connectivity index (χ0) is 14.3.